The highest BCUT2D eigenvalue weighted by Gasteiger charge is 2.11. The number of carboxylic acid groups (broad SMARTS) is 1. The maximum atomic E-state index is 11.3. The molecule has 0 atom stereocenters. The predicted octanol–water partition coefficient (Wildman–Crippen LogP) is 4.96. The van der Waals surface area contributed by atoms with E-state index >= 15 is 0 Å². The van der Waals surface area contributed by atoms with Gasteiger partial charge in [-0.15, -0.1) is 0 Å². The number of hydrogen-bond acceptors (Lipinski definition) is 2. The molecule has 0 radical (unpaired) electrons. The highest BCUT2D eigenvalue weighted by Crippen LogP contribution is 2.30. The Hall–Kier alpha value is -1.33. The first-order valence-corrected chi connectivity index (χ1v) is 7.12. The number of anilines is 2. The van der Waals surface area contributed by atoms with E-state index in [2.05, 4.69) is 37.2 Å². The summed E-state index contributed by atoms with van der Waals surface area (Å²) in [7, 11) is 0. The number of nitrogens with one attached hydrogen (secondary N) is 1. The van der Waals surface area contributed by atoms with E-state index in [-0.39, 0.29) is 5.56 Å². The van der Waals surface area contributed by atoms with Crippen molar-refractivity contribution in [1.29, 1.82) is 0 Å². The lowest BCUT2D eigenvalue weighted by Gasteiger charge is -2.12. The molecule has 3 nitrogen and oxygen atoms in total. The number of hydrogen-bond donors (Lipinski definition) is 2. The number of rotatable bonds is 3. The third-order valence-corrected chi connectivity index (χ3v) is 3.79. The standard InChI is InChI=1S/C14H11Br2NO2/c1-8-2-5-12(10(6-8)14(18)19)17-13-7-9(15)3-4-11(13)16/h2-7,17H,1H3,(H,18,19). The average molecular weight is 385 g/mol. The maximum absolute atomic E-state index is 11.3. The molecule has 98 valence electrons. The van der Waals surface area contributed by atoms with Crippen molar-refractivity contribution in [2.75, 3.05) is 5.32 Å². The van der Waals surface area contributed by atoms with Gasteiger partial charge in [0, 0.05) is 8.95 Å². The van der Waals surface area contributed by atoms with Gasteiger partial charge < -0.3 is 10.4 Å². The van der Waals surface area contributed by atoms with E-state index in [0.29, 0.717) is 5.69 Å². The summed E-state index contributed by atoms with van der Waals surface area (Å²) >= 11 is 6.82. The van der Waals surface area contributed by atoms with E-state index in [1.807, 2.05) is 31.2 Å². The van der Waals surface area contributed by atoms with Crippen LogP contribution in [0, 0.1) is 6.92 Å². The van der Waals surface area contributed by atoms with Crippen molar-refractivity contribution >= 4 is 49.2 Å². The fraction of sp³-hybridized carbons (Fsp3) is 0.0714. The molecule has 2 aromatic carbocycles. The van der Waals surface area contributed by atoms with Gasteiger partial charge in [-0.2, -0.15) is 0 Å². The number of carbonyl (C=O) groups is 1. The smallest absolute Gasteiger partial charge is 0.337 e. The van der Waals surface area contributed by atoms with Crippen molar-refractivity contribution < 1.29 is 9.90 Å². The number of halogens is 2. The summed E-state index contributed by atoms with van der Waals surface area (Å²) < 4.78 is 1.79. The Kier molecular flexibility index (Phi) is 4.27. The third kappa shape index (κ3) is 3.36. The molecule has 0 saturated carbocycles. The second-order valence-electron chi connectivity index (χ2n) is 4.10. The molecule has 0 unspecified atom stereocenters. The highest BCUT2D eigenvalue weighted by molar-refractivity contribution is 9.11. The van der Waals surface area contributed by atoms with Gasteiger partial charge in [-0.05, 0) is 53.2 Å². The molecule has 0 aliphatic rings. The van der Waals surface area contributed by atoms with Crippen LogP contribution < -0.4 is 5.32 Å². The minimum absolute atomic E-state index is 0.256. The number of carboxylic acids is 1. The van der Waals surface area contributed by atoms with Crippen LogP contribution in [0.1, 0.15) is 15.9 Å². The molecule has 0 saturated heterocycles. The van der Waals surface area contributed by atoms with E-state index in [4.69, 9.17) is 0 Å². The summed E-state index contributed by atoms with van der Waals surface area (Å²) in [6, 6.07) is 11.0. The van der Waals surface area contributed by atoms with Crippen LogP contribution in [-0.4, -0.2) is 11.1 Å². The summed E-state index contributed by atoms with van der Waals surface area (Å²) in [5.74, 6) is -0.947. The first kappa shape index (κ1) is 14.1. The van der Waals surface area contributed by atoms with Crippen LogP contribution in [0.15, 0.2) is 45.3 Å². The van der Waals surface area contributed by atoms with Gasteiger partial charge in [-0.3, -0.25) is 0 Å². The van der Waals surface area contributed by atoms with E-state index in [0.717, 1.165) is 20.2 Å². The average Bonchev–Trinajstić information content (AvgIpc) is 2.35. The molecule has 2 aromatic rings. The Morgan fingerprint density at radius 3 is 2.53 bits per heavy atom. The minimum Gasteiger partial charge on any atom is -0.478 e. The van der Waals surface area contributed by atoms with E-state index in [1.165, 1.54) is 0 Å². The van der Waals surface area contributed by atoms with Crippen molar-refractivity contribution in [3.05, 3.63) is 56.5 Å². The van der Waals surface area contributed by atoms with Gasteiger partial charge in [0.25, 0.3) is 0 Å². The van der Waals surface area contributed by atoms with Gasteiger partial charge in [-0.25, -0.2) is 4.79 Å². The first-order chi connectivity index (χ1) is 8.97. The fourth-order valence-electron chi connectivity index (χ4n) is 1.68. The third-order valence-electron chi connectivity index (χ3n) is 2.60. The molecule has 2 rings (SSSR count). The molecule has 0 aliphatic carbocycles. The molecule has 0 spiro atoms. The summed E-state index contributed by atoms with van der Waals surface area (Å²) in [5, 5.41) is 12.4. The van der Waals surface area contributed by atoms with E-state index in [9.17, 15) is 9.90 Å². The summed E-state index contributed by atoms with van der Waals surface area (Å²) in [6.45, 7) is 1.87. The largest absolute Gasteiger partial charge is 0.478 e. The lowest BCUT2D eigenvalue weighted by molar-refractivity contribution is 0.0698. The normalized spacial score (nSPS) is 10.3. The van der Waals surface area contributed by atoms with Crippen molar-refractivity contribution in [3.63, 3.8) is 0 Å². The fourth-order valence-corrected chi connectivity index (χ4v) is 2.39. The first-order valence-electron chi connectivity index (χ1n) is 5.53. The quantitative estimate of drug-likeness (QED) is 0.785. The molecule has 2 N–H and O–H groups in total. The predicted molar refractivity (Wildman–Crippen MR) is 83.3 cm³/mol. The molecule has 0 amide bonds. The maximum Gasteiger partial charge on any atom is 0.337 e. The van der Waals surface area contributed by atoms with Gasteiger partial charge in [0.15, 0.2) is 0 Å². The zero-order chi connectivity index (χ0) is 14.0. The highest BCUT2D eigenvalue weighted by atomic mass is 79.9. The van der Waals surface area contributed by atoms with Crippen LogP contribution in [0.2, 0.25) is 0 Å². The molecule has 0 aliphatic heterocycles. The van der Waals surface area contributed by atoms with E-state index in [1.54, 1.807) is 12.1 Å². The Labute approximate surface area is 127 Å². The number of benzene rings is 2. The Bertz CT molecular complexity index is 641. The number of aromatic carboxylic acids is 1. The lowest BCUT2D eigenvalue weighted by Crippen LogP contribution is -2.03. The molecular weight excluding hydrogens is 374 g/mol. The van der Waals surface area contributed by atoms with Crippen molar-refractivity contribution in [3.8, 4) is 0 Å². The Morgan fingerprint density at radius 1 is 1.11 bits per heavy atom. The summed E-state index contributed by atoms with van der Waals surface area (Å²) in [5.41, 5.74) is 2.54. The van der Waals surface area contributed by atoms with Crippen LogP contribution in [-0.2, 0) is 0 Å². The zero-order valence-corrected chi connectivity index (χ0v) is 13.2. The monoisotopic (exact) mass is 383 g/mol. The minimum atomic E-state index is -0.947. The van der Waals surface area contributed by atoms with Gasteiger partial charge >= 0.3 is 5.97 Å². The Balaban J connectivity index is 2.43. The van der Waals surface area contributed by atoms with Crippen LogP contribution in [0.3, 0.4) is 0 Å². The van der Waals surface area contributed by atoms with Crippen LogP contribution in [0.25, 0.3) is 0 Å². The van der Waals surface area contributed by atoms with E-state index < -0.39 is 5.97 Å². The summed E-state index contributed by atoms with van der Waals surface area (Å²) in [6.07, 6.45) is 0. The molecule has 0 fully saturated rings. The Morgan fingerprint density at radius 2 is 1.84 bits per heavy atom. The van der Waals surface area contributed by atoms with Gasteiger partial charge in [0.2, 0.25) is 0 Å². The second kappa shape index (κ2) is 5.75. The molecule has 5 heteroatoms. The molecule has 0 bridgehead atoms. The SMILES string of the molecule is Cc1ccc(Nc2cc(Br)ccc2Br)c(C(=O)O)c1. The topological polar surface area (TPSA) is 49.3 Å². The molecule has 19 heavy (non-hydrogen) atoms. The van der Waals surface area contributed by atoms with Gasteiger partial charge in [-0.1, -0.05) is 27.6 Å². The van der Waals surface area contributed by atoms with Crippen molar-refractivity contribution in [2.45, 2.75) is 6.92 Å². The van der Waals surface area contributed by atoms with Crippen molar-refractivity contribution in [2.24, 2.45) is 0 Å². The van der Waals surface area contributed by atoms with Crippen LogP contribution in [0.5, 0.6) is 0 Å². The van der Waals surface area contributed by atoms with Crippen molar-refractivity contribution in [1.82, 2.24) is 0 Å². The lowest BCUT2D eigenvalue weighted by atomic mass is 10.1. The summed E-state index contributed by atoms with van der Waals surface area (Å²) in [4.78, 5) is 11.3. The number of aryl methyl sites for hydroxylation is 1. The molecule has 0 aromatic heterocycles. The van der Waals surface area contributed by atoms with Crippen LogP contribution in [0.4, 0.5) is 11.4 Å². The van der Waals surface area contributed by atoms with Gasteiger partial charge in [0.1, 0.15) is 0 Å². The van der Waals surface area contributed by atoms with Crippen LogP contribution >= 0.6 is 31.9 Å². The van der Waals surface area contributed by atoms with Gasteiger partial charge in [0.05, 0.1) is 16.9 Å². The zero-order valence-electron chi connectivity index (χ0n) is 10.1. The second-order valence-corrected chi connectivity index (χ2v) is 5.87. The molecule has 0 heterocycles. The molecular formula is C14H11Br2NO2.